The first-order chi connectivity index (χ1) is 11.3. The van der Waals surface area contributed by atoms with Gasteiger partial charge in [-0.25, -0.2) is 4.39 Å². The van der Waals surface area contributed by atoms with Gasteiger partial charge in [0.15, 0.2) is 0 Å². The van der Waals surface area contributed by atoms with Crippen LogP contribution in [0.2, 0.25) is 0 Å². The van der Waals surface area contributed by atoms with E-state index in [9.17, 15) is 14.0 Å². The van der Waals surface area contributed by atoms with E-state index >= 15 is 0 Å². The molecule has 0 radical (unpaired) electrons. The Balaban J connectivity index is 2.05. The molecule has 1 aromatic carbocycles. The second-order valence-electron chi connectivity index (χ2n) is 6.71. The number of carbonyl (C=O) groups is 2. The lowest BCUT2D eigenvalue weighted by Crippen LogP contribution is -2.43. The van der Waals surface area contributed by atoms with Gasteiger partial charge in [-0.2, -0.15) is 0 Å². The number of benzene rings is 1. The summed E-state index contributed by atoms with van der Waals surface area (Å²) in [7, 11) is 0. The zero-order valence-corrected chi connectivity index (χ0v) is 14.4. The Morgan fingerprint density at radius 3 is 2.75 bits per heavy atom. The van der Waals surface area contributed by atoms with Crippen molar-refractivity contribution in [2.24, 2.45) is 11.8 Å². The summed E-state index contributed by atoms with van der Waals surface area (Å²) in [6.07, 6.45) is 0.636. The van der Waals surface area contributed by atoms with Crippen molar-refractivity contribution >= 4 is 17.5 Å². The van der Waals surface area contributed by atoms with Crippen molar-refractivity contribution in [1.82, 2.24) is 5.32 Å². The van der Waals surface area contributed by atoms with E-state index < -0.39 is 5.92 Å². The van der Waals surface area contributed by atoms with Gasteiger partial charge in [-0.05, 0) is 43.0 Å². The molecule has 2 N–H and O–H groups in total. The molecule has 0 saturated carbocycles. The molecule has 0 spiro atoms. The van der Waals surface area contributed by atoms with E-state index in [4.69, 9.17) is 5.11 Å². The lowest BCUT2D eigenvalue weighted by molar-refractivity contribution is -0.127. The molecule has 1 fully saturated rings. The third kappa shape index (κ3) is 4.12. The maximum atomic E-state index is 13.4. The molecule has 0 bridgehead atoms. The van der Waals surface area contributed by atoms with Gasteiger partial charge in [0.25, 0.3) is 0 Å². The fourth-order valence-corrected chi connectivity index (χ4v) is 2.94. The molecule has 1 saturated heterocycles. The minimum absolute atomic E-state index is 0.00764. The van der Waals surface area contributed by atoms with Crippen LogP contribution in [0.1, 0.15) is 32.3 Å². The summed E-state index contributed by atoms with van der Waals surface area (Å²) in [5, 5.41) is 12.0. The Bertz CT molecular complexity index is 618. The molecule has 1 aliphatic rings. The quantitative estimate of drug-likeness (QED) is 0.835. The Morgan fingerprint density at radius 2 is 2.17 bits per heavy atom. The van der Waals surface area contributed by atoms with Crippen molar-refractivity contribution in [2.45, 2.75) is 39.7 Å². The summed E-state index contributed by atoms with van der Waals surface area (Å²) < 4.78 is 13.4. The highest BCUT2D eigenvalue weighted by molar-refractivity contribution is 6.00. The average molecular weight is 336 g/mol. The molecule has 6 heteroatoms. The molecule has 1 aromatic rings. The van der Waals surface area contributed by atoms with Gasteiger partial charge in [0.1, 0.15) is 5.82 Å². The average Bonchev–Trinajstić information content (AvgIpc) is 2.91. The predicted molar refractivity (Wildman–Crippen MR) is 90.1 cm³/mol. The van der Waals surface area contributed by atoms with E-state index in [1.54, 1.807) is 19.1 Å². The minimum atomic E-state index is -0.428. The van der Waals surface area contributed by atoms with Crippen molar-refractivity contribution in [3.8, 4) is 0 Å². The molecule has 2 unspecified atom stereocenters. The van der Waals surface area contributed by atoms with Crippen molar-refractivity contribution in [2.75, 3.05) is 18.1 Å². The molecule has 24 heavy (non-hydrogen) atoms. The van der Waals surface area contributed by atoms with E-state index in [1.807, 2.05) is 13.8 Å². The number of anilines is 1. The fourth-order valence-electron chi connectivity index (χ4n) is 2.94. The normalized spacial score (nSPS) is 19.0. The summed E-state index contributed by atoms with van der Waals surface area (Å²) in [5.74, 6) is -0.846. The lowest BCUT2D eigenvalue weighted by atomic mass is 9.99. The highest BCUT2D eigenvalue weighted by Gasteiger charge is 2.36. The van der Waals surface area contributed by atoms with Crippen molar-refractivity contribution < 1.29 is 19.1 Å². The molecule has 0 aliphatic carbocycles. The number of aryl methyl sites for hydroxylation is 1. The van der Waals surface area contributed by atoms with Crippen molar-refractivity contribution in [1.29, 1.82) is 0 Å². The number of aliphatic hydroxyl groups is 1. The number of rotatable bonds is 6. The first kappa shape index (κ1) is 18.4. The number of amides is 2. The monoisotopic (exact) mass is 336 g/mol. The SMILES string of the molecule is Cc1cc(N2CC(C(=O)NC(CCO)C(C)C)CC2=O)ccc1F. The smallest absolute Gasteiger partial charge is 0.227 e. The second-order valence-corrected chi connectivity index (χ2v) is 6.71. The van der Waals surface area contributed by atoms with E-state index in [0.717, 1.165) is 0 Å². The summed E-state index contributed by atoms with van der Waals surface area (Å²) in [6, 6.07) is 4.40. The first-order valence-corrected chi connectivity index (χ1v) is 8.31. The summed E-state index contributed by atoms with van der Waals surface area (Å²) in [4.78, 5) is 26.2. The van der Waals surface area contributed by atoms with Crippen LogP contribution in [-0.2, 0) is 9.59 Å². The van der Waals surface area contributed by atoms with E-state index in [1.165, 1.54) is 11.0 Å². The van der Waals surface area contributed by atoms with Gasteiger partial charge in [-0.1, -0.05) is 13.8 Å². The van der Waals surface area contributed by atoms with Gasteiger partial charge in [0.05, 0.1) is 5.92 Å². The van der Waals surface area contributed by atoms with Crippen LogP contribution in [0, 0.1) is 24.6 Å². The number of aliphatic hydroxyl groups excluding tert-OH is 1. The maximum absolute atomic E-state index is 13.4. The van der Waals surface area contributed by atoms with E-state index in [-0.39, 0.29) is 42.6 Å². The third-order valence-electron chi connectivity index (χ3n) is 4.52. The van der Waals surface area contributed by atoms with E-state index in [2.05, 4.69) is 5.32 Å². The van der Waals surface area contributed by atoms with Gasteiger partial charge in [0, 0.05) is 31.3 Å². The fraction of sp³-hybridized carbons (Fsp3) is 0.556. The molecule has 132 valence electrons. The third-order valence-corrected chi connectivity index (χ3v) is 4.52. The number of hydrogen-bond acceptors (Lipinski definition) is 3. The van der Waals surface area contributed by atoms with Gasteiger partial charge in [0.2, 0.25) is 11.8 Å². The molecular weight excluding hydrogens is 311 g/mol. The molecule has 5 nitrogen and oxygen atoms in total. The Morgan fingerprint density at radius 1 is 1.46 bits per heavy atom. The van der Waals surface area contributed by atoms with Gasteiger partial charge >= 0.3 is 0 Å². The molecule has 1 aliphatic heterocycles. The number of halogens is 1. The highest BCUT2D eigenvalue weighted by Crippen LogP contribution is 2.27. The summed E-state index contributed by atoms with van der Waals surface area (Å²) in [5.41, 5.74) is 1.08. The number of carbonyl (C=O) groups excluding carboxylic acids is 2. The zero-order chi connectivity index (χ0) is 17.9. The van der Waals surface area contributed by atoms with Crippen LogP contribution < -0.4 is 10.2 Å². The molecule has 2 rings (SSSR count). The van der Waals surface area contributed by atoms with Crippen molar-refractivity contribution in [3.63, 3.8) is 0 Å². The highest BCUT2D eigenvalue weighted by atomic mass is 19.1. The predicted octanol–water partition coefficient (Wildman–Crippen LogP) is 2.01. The van der Waals surface area contributed by atoms with Gasteiger partial charge < -0.3 is 15.3 Å². The van der Waals surface area contributed by atoms with Gasteiger partial charge in [-0.3, -0.25) is 9.59 Å². The number of nitrogens with zero attached hydrogens (tertiary/aromatic N) is 1. The van der Waals surface area contributed by atoms with Crippen LogP contribution in [0.25, 0.3) is 0 Å². The zero-order valence-electron chi connectivity index (χ0n) is 14.4. The molecule has 2 amide bonds. The molecule has 1 heterocycles. The molecule has 0 aromatic heterocycles. The van der Waals surface area contributed by atoms with Crippen LogP contribution >= 0.6 is 0 Å². The molecular formula is C18H25FN2O3. The maximum Gasteiger partial charge on any atom is 0.227 e. The Labute approximate surface area is 141 Å². The van der Waals surface area contributed by atoms with E-state index in [0.29, 0.717) is 24.2 Å². The second kappa shape index (κ2) is 7.75. The molecule has 2 atom stereocenters. The van der Waals surface area contributed by atoms with Gasteiger partial charge in [-0.15, -0.1) is 0 Å². The standard InChI is InChI=1S/C18H25FN2O3/c1-11(2)16(6-7-22)20-18(24)13-9-17(23)21(10-13)14-4-5-15(19)12(3)8-14/h4-5,8,11,13,16,22H,6-7,9-10H2,1-3H3,(H,20,24). The van der Waals surface area contributed by atoms with Crippen LogP contribution in [-0.4, -0.2) is 36.1 Å². The topological polar surface area (TPSA) is 69.6 Å². The number of nitrogens with one attached hydrogen (secondary N) is 1. The lowest BCUT2D eigenvalue weighted by Gasteiger charge is -2.23. The van der Waals surface area contributed by atoms with Crippen molar-refractivity contribution in [3.05, 3.63) is 29.6 Å². The van der Waals surface area contributed by atoms with Crippen LogP contribution in [0.3, 0.4) is 0 Å². The summed E-state index contributed by atoms with van der Waals surface area (Å²) >= 11 is 0. The Hall–Kier alpha value is -1.95. The summed E-state index contributed by atoms with van der Waals surface area (Å²) in [6.45, 7) is 5.90. The first-order valence-electron chi connectivity index (χ1n) is 8.31. The van der Waals surface area contributed by atoms with Crippen LogP contribution in [0.15, 0.2) is 18.2 Å². The number of hydrogen-bond donors (Lipinski definition) is 2. The van der Waals surface area contributed by atoms with Crippen LogP contribution in [0.5, 0.6) is 0 Å². The minimum Gasteiger partial charge on any atom is -0.396 e. The van der Waals surface area contributed by atoms with Crippen LogP contribution in [0.4, 0.5) is 10.1 Å². The largest absolute Gasteiger partial charge is 0.396 e. The Kier molecular flexibility index (Phi) is 5.94.